The first-order chi connectivity index (χ1) is 10.5. The smallest absolute Gasteiger partial charge is 0.339 e. The summed E-state index contributed by atoms with van der Waals surface area (Å²) in [4.78, 5) is 22.6. The lowest BCUT2D eigenvalue weighted by Gasteiger charge is -2.06. The molecule has 0 spiro atoms. The number of nitrogens with one attached hydrogen (secondary N) is 1. The van der Waals surface area contributed by atoms with Crippen molar-refractivity contribution >= 4 is 11.9 Å². The average Bonchev–Trinajstić information content (AvgIpc) is 2.86. The Hall–Kier alpha value is -2.76. The first-order valence-electron chi connectivity index (χ1n) is 6.74. The number of aromatic carboxylic acids is 1. The maximum atomic E-state index is 11.7. The Morgan fingerprint density at radius 3 is 2.50 bits per heavy atom. The lowest BCUT2D eigenvalue weighted by atomic mass is 10.2. The quantitative estimate of drug-likeness (QED) is 0.854. The highest BCUT2D eigenvalue weighted by atomic mass is 16.5. The van der Waals surface area contributed by atoms with Crippen LogP contribution in [0.2, 0.25) is 0 Å². The number of furan rings is 1. The molecule has 0 radical (unpaired) electrons. The van der Waals surface area contributed by atoms with Crippen molar-refractivity contribution in [1.82, 2.24) is 5.32 Å². The van der Waals surface area contributed by atoms with Crippen molar-refractivity contribution in [3.05, 3.63) is 53.0 Å². The van der Waals surface area contributed by atoms with Crippen molar-refractivity contribution in [2.24, 2.45) is 0 Å². The van der Waals surface area contributed by atoms with Gasteiger partial charge >= 0.3 is 5.97 Å². The highest BCUT2D eigenvalue weighted by molar-refractivity contribution is 5.88. The lowest BCUT2D eigenvalue weighted by molar-refractivity contribution is -0.123. The number of carboxylic acids is 1. The Morgan fingerprint density at radius 1 is 1.23 bits per heavy atom. The largest absolute Gasteiger partial charge is 0.484 e. The molecule has 0 aliphatic carbocycles. The van der Waals surface area contributed by atoms with E-state index in [9.17, 15) is 9.59 Å². The van der Waals surface area contributed by atoms with Crippen LogP contribution in [0.4, 0.5) is 0 Å². The zero-order valence-electron chi connectivity index (χ0n) is 12.4. The molecule has 22 heavy (non-hydrogen) atoms. The van der Waals surface area contributed by atoms with Crippen molar-refractivity contribution in [2.45, 2.75) is 20.4 Å². The van der Waals surface area contributed by atoms with E-state index >= 15 is 0 Å². The first kappa shape index (κ1) is 15.6. The van der Waals surface area contributed by atoms with Crippen LogP contribution in [0.5, 0.6) is 5.75 Å². The molecule has 6 heteroatoms. The Balaban J connectivity index is 1.81. The Bertz CT molecular complexity index is 672. The molecule has 1 amide bonds. The van der Waals surface area contributed by atoms with Gasteiger partial charge in [0.15, 0.2) is 6.61 Å². The van der Waals surface area contributed by atoms with E-state index in [-0.39, 0.29) is 24.6 Å². The number of hydrogen-bond donors (Lipinski definition) is 2. The van der Waals surface area contributed by atoms with Crippen LogP contribution < -0.4 is 10.1 Å². The minimum absolute atomic E-state index is 0.0974. The maximum absolute atomic E-state index is 11.7. The van der Waals surface area contributed by atoms with E-state index in [0.29, 0.717) is 17.3 Å². The molecular weight excluding hydrogens is 286 g/mol. The molecule has 1 aromatic carbocycles. The van der Waals surface area contributed by atoms with Crippen LogP contribution in [0.15, 0.2) is 34.7 Å². The van der Waals surface area contributed by atoms with Gasteiger partial charge in [0.2, 0.25) is 0 Å². The van der Waals surface area contributed by atoms with E-state index in [4.69, 9.17) is 14.3 Å². The van der Waals surface area contributed by atoms with E-state index in [1.54, 1.807) is 19.1 Å². The zero-order chi connectivity index (χ0) is 16.1. The lowest BCUT2D eigenvalue weighted by Crippen LogP contribution is -2.28. The SMILES string of the molecule is Cc1ccc(OCC(=O)NCc2cc(C(=O)O)c(C)o2)cc1. The van der Waals surface area contributed by atoms with Gasteiger partial charge in [0.05, 0.1) is 6.54 Å². The van der Waals surface area contributed by atoms with Gasteiger partial charge in [0.25, 0.3) is 5.91 Å². The summed E-state index contributed by atoms with van der Waals surface area (Å²) in [5, 5.41) is 11.5. The van der Waals surface area contributed by atoms with Gasteiger partial charge in [0.1, 0.15) is 22.8 Å². The molecule has 2 rings (SSSR count). The maximum Gasteiger partial charge on any atom is 0.339 e. The predicted molar refractivity (Wildman–Crippen MR) is 78.9 cm³/mol. The summed E-state index contributed by atoms with van der Waals surface area (Å²) >= 11 is 0. The summed E-state index contributed by atoms with van der Waals surface area (Å²) in [7, 11) is 0. The third kappa shape index (κ3) is 4.12. The fraction of sp³-hybridized carbons (Fsp3) is 0.250. The summed E-state index contributed by atoms with van der Waals surface area (Å²) in [6.45, 7) is 3.53. The summed E-state index contributed by atoms with van der Waals surface area (Å²) < 4.78 is 10.6. The van der Waals surface area contributed by atoms with E-state index in [1.807, 2.05) is 19.1 Å². The number of hydrogen-bond acceptors (Lipinski definition) is 4. The molecular formula is C16H17NO5. The minimum atomic E-state index is -1.05. The van der Waals surface area contributed by atoms with Crippen LogP contribution in [0.25, 0.3) is 0 Å². The molecule has 116 valence electrons. The van der Waals surface area contributed by atoms with E-state index < -0.39 is 5.97 Å². The van der Waals surface area contributed by atoms with Crippen molar-refractivity contribution in [2.75, 3.05) is 6.61 Å². The molecule has 0 saturated heterocycles. The predicted octanol–water partition coefficient (Wildman–Crippen LogP) is 2.29. The van der Waals surface area contributed by atoms with Crippen LogP contribution in [-0.2, 0) is 11.3 Å². The number of carboxylic acid groups (broad SMARTS) is 1. The van der Waals surface area contributed by atoms with Crippen LogP contribution in [0, 0.1) is 13.8 Å². The molecule has 2 N–H and O–H groups in total. The number of carbonyl (C=O) groups is 2. The van der Waals surface area contributed by atoms with Crippen molar-refractivity contribution < 1.29 is 23.8 Å². The van der Waals surface area contributed by atoms with Crippen LogP contribution in [0.3, 0.4) is 0 Å². The van der Waals surface area contributed by atoms with Gasteiger partial charge < -0.3 is 19.6 Å². The molecule has 2 aromatic rings. The molecule has 0 bridgehead atoms. The Labute approximate surface area is 127 Å². The van der Waals surface area contributed by atoms with E-state index in [2.05, 4.69) is 5.32 Å². The van der Waals surface area contributed by atoms with Crippen molar-refractivity contribution in [3.8, 4) is 5.75 Å². The average molecular weight is 303 g/mol. The van der Waals surface area contributed by atoms with E-state index in [0.717, 1.165) is 5.56 Å². The van der Waals surface area contributed by atoms with Crippen LogP contribution >= 0.6 is 0 Å². The summed E-state index contributed by atoms with van der Waals surface area (Å²) in [6.07, 6.45) is 0. The molecule has 0 fully saturated rings. The summed E-state index contributed by atoms with van der Waals surface area (Å²) in [6, 6.07) is 8.77. The highest BCUT2D eigenvalue weighted by Crippen LogP contribution is 2.14. The van der Waals surface area contributed by atoms with Crippen LogP contribution in [-0.4, -0.2) is 23.6 Å². The molecule has 0 atom stereocenters. The van der Waals surface area contributed by atoms with Gasteiger partial charge in [-0.1, -0.05) is 17.7 Å². The number of carbonyl (C=O) groups excluding carboxylic acids is 1. The molecule has 1 aromatic heterocycles. The van der Waals surface area contributed by atoms with Gasteiger partial charge in [0, 0.05) is 0 Å². The first-order valence-corrected chi connectivity index (χ1v) is 6.74. The number of rotatable bonds is 6. The second-order valence-corrected chi connectivity index (χ2v) is 4.87. The molecule has 0 aliphatic rings. The van der Waals surface area contributed by atoms with Gasteiger partial charge in [-0.15, -0.1) is 0 Å². The summed E-state index contributed by atoms with van der Waals surface area (Å²) in [5.41, 5.74) is 1.21. The molecule has 1 heterocycles. The standard InChI is InChI=1S/C16H17NO5/c1-10-3-5-12(6-4-10)21-9-15(18)17-8-13-7-14(16(19)20)11(2)22-13/h3-7H,8-9H2,1-2H3,(H,17,18)(H,19,20). The second-order valence-electron chi connectivity index (χ2n) is 4.87. The summed E-state index contributed by atoms with van der Waals surface area (Å²) in [5.74, 6) is -0.0537. The van der Waals surface area contributed by atoms with Gasteiger partial charge in [-0.2, -0.15) is 0 Å². The number of amides is 1. The third-order valence-corrected chi connectivity index (χ3v) is 3.05. The highest BCUT2D eigenvalue weighted by Gasteiger charge is 2.14. The topological polar surface area (TPSA) is 88.8 Å². The number of aryl methyl sites for hydroxylation is 2. The Morgan fingerprint density at radius 2 is 1.91 bits per heavy atom. The van der Waals surface area contributed by atoms with Crippen LogP contribution in [0.1, 0.15) is 27.4 Å². The van der Waals surface area contributed by atoms with E-state index in [1.165, 1.54) is 6.07 Å². The molecule has 0 saturated carbocycles. The van der Waals surface area contributed by atoms with Crippen molar-refractivity contribution in [3.63, 3.8) is 0 Å². The Kier molecular flexibility index (Phi) is 4.83. The number of benzene rings is 1. The number of ether oxygens (including phenoxy) is 1. The fourth-order valence-electron chi connectivity index (χ4n) is 1.86. The molecule has 6 nitrogen and oxygen atoms in total. The second kappa shape index (κ2) is 6.80. The zero-order valence-corrected chi connectivity index (χ0v) is 12.4. The van der Waals surface area contributed by atoms with Gasteiger partial charge in [-0.05, 0) is 32.0 Å². The fourth-order valence-corrected chi connectivity index (χ4v) is 1.86. The molecule has 0 unspecified atom stereocenters. The molecule has 0 aliphatic heterocycles. The van der Waals surface area contributed by atoms with Gasteiger partial charge in [-0.25, -0.2) is 4.79 Å². The normalized spacial score (nSPS) is 10.3. The van der Waals surface area contributed by atoms with Gasteiger partial charge in [-0.3, -0.25) is 4.79 Å². The monoisotopic (exact) mass is 303 g/mol. The minimum Gasteiger partial charge on any atom is -0.484 e. The third-order valence-electron chi connectivity index (χ3n) is 3.05. The van der Waals surface area contributed by atoms with Crippen molar-refractivity contribution in [1.29, 1.82) is 0 Å².